The summed E-state index contributed by atoms with van der Waals surface area (Å²) in [5, 5.41) is 9.04. The van der Waals surface area contributed by atoms with E-state index in [4.69, 9.17) is 9.84 Å². The molecule has 0 saturated carbocycles. The molecule has 0 unspecified atom stereocenters. The fourth-order valence-corrected chi connectivity index (χ4v) is 1.15. The molecule has 0 spiro atoms. The zero-order valence-electron chi connectivity index (χ0n) is 8.57. The van der Waals surface area contributed by atoms with E-state index in [1.165, 1.54) is 6.42 Å². The van der Waals surface area contributed by atoms with Crippen LogP contribution in [0.3, 0.4) is 0 Å². The second-order valence-corrected chi connectivity index (χ2v) is 3.21. The van der Waals surface area contributed by atoms with Gasteiger partial charge >= 0.3 is 0 Å². The summed E-state index contributed by atoms with van der Waals surface area (Å²) in [4.78, 5) is 0. The van der Waals surface area contributed by atoms with Crippen LogP contribution in [0, 0.1) is 6.42 Å². The lowest BCUT2D eigenvalue weighted by Gasteiger charge is -2.05. The van der Waals surface area contributed by atoms with E-state index in [1.807, 2.05) is 0 Å². The Kier molecular flexibility index (Phi) is 4.90. The molecule has 0 bridgehead atoms. The molecule has 0 aliphatic heterocycles. The molecular weight excluding hydrogens is 176 g/mol. The molecule has 1 radical (unpaired) electrons. The van der Waals surface area contributed by atoms with Crippen LogP contribution in [0.1, 0.15) is 26.2 Å². The Balaban J connectivity index is 2.15. The minimum Gasteiger partial charge on any atom is -0.508 e. The van der Waals surface area contributed by atoms with Crippen LogP contribution < -0.4 is 4.74 Å². The summed E-state index contributed by atoms with van der Waals surface area (Å²) in [5.41, 5.74) is 0. The Morgan fingerprint density at radius 2 is 1.93 bits per heavy atom. The Morgan fingerprint density at radius 3 is 2.57 bits per heavy atom. The van der Waals surface area contributed by atoms with Gasteiger partial charge in [0.2, 0.25) is 0 Å². The molecule has 14 heavy (non-hydrogen) atoms. The molecule has 77 valence electrons. The molecule has 2 heteroatoms. The van der Waals surface area contributed by atoms with Gasteiger partial charge in [0.15, 0.2) is 0 Å². The van der Waals surface area contributed by atoms with Crippen molar-refractivity contribution in [3.05, 3.63) is 30.7 Å². The van der Waals surface area contributed by atoms with Gasteiger partial charge in [-0.15, -0.1) is 0 Å². The maximum Gasteiger partial charge on any atom is 0.119 e. The molecule has 2 nitrogen and oxygen atoms in total. The standard InChI is InChI=1S/C12H17O2/c1-2-3-4-5-10-14-12-8-6-11(13)7-9-12/h4,6-9,13H,2-3,5,10H2,1H3. The van der Waals surface area contributed by atoms with Gasteiger partial charge in [-0.05, 0) is 37.1 Å². The number of phenols is 1. The molecule has 1 aromatic carbocycles. The van der Waals surface area contributed by atoms with Gasteiger partial charge in [0, 0.05) is 0 Å². The van der Waals surface area contributed by atoms with Crippen LogP contribution in [-0.2, 0) is 0 Å². The van der Waals surface area contributed by atoms with Crippen molar-refractivity contribution in [3.63, 3.8) is 0 Å². The molecule has 0 amide bonds. The molecule has 0 saturated heterocycles. The van der Waals surface area contributed by atoms with Crippen LogP contribution >= 0.6 is 0 Å². The first-order valence-electron chi connectivity index (χ1n) is 5.06. The quantitative estimate of drug-likeness (QED) is 0.703. The van der Waals surface area contributed by atoms with Gasteiger partial charge in [0.1, 0.15) is 11.5 Å². The highest BCUT2D eigenvalue weighted by Crippen LogP contribution is 2.16. The minimum absolute atomic E-state index is 0.273. The molecule has 0 atom stereocenters. The van der Waals surface area contributed by atoms with E-state index in [0.29, 0.717) is 6.61 Å². The van der Waals surface area contributed by atoms with Crippen LogP contribution in [0.4, 0.5) is 0 Å². The third kappa shape index (κ3) is 4.17. The Morgan fingerprint density at radius 1 is 1.21 bits per heavy atom. The van der Waals surface area contributed by atoms with Gasteiger partial charge in [-0.3, -0.25) is 0 Å². The van der Waals surface area contributed by atoms with Crippen LogP contribution in [0.2, 0.25) is 0 Å². The smallest absolute Gasteiger partial charge is 0.119 e. The molecule has 1 N–H and O–H groups in total. The lowest BCUT2D eigenvalue weighted by atomic mass is 10.2. The number of aromatic hydroxyl groups is 1. The van der Waals surface area contributed by atoms with Crippen molar-refractivity contribution in [1.82, 2.24) is 0 Å². The van der Waals surface area contributed by atoms with Gasteiger partial charge in [-0.25, -0.2) is 0 Å². The van der Waals surface area contributed by atoms with Crippen molar-refractivity contribution in [2.75, 3.05) is 6.61 Å². The fourth-order valence-electron chi connectivity index (χ4n) is 1.15. The lowest BCUT2D eigenvalue weighted by Crippen LogP contribution is -1.97. The SMILES string of the molecule is CCC[CH]CCOc1ccc(O)cc1. The van der Waals surface area contributed by atoms with Crippen LogP contribution in [-0.4, -0.2) is 11.7 Å². The van der Waals surface area contributed by atoms with Gasteiger partial charge in [0.25, 0.3) is 0 Å². The highest BCUT2D eigenvalue weighted by atomic mass is 16.5. The van der Waals surface area contributed by atoms with E-state index >= 15 is 0 Å². The van der Waals surface area contributed by atoms with E-state index in [9.17, 15) is 0 Å². The van der Waals surface area contributed by atoms with E-state index in [-0.39, 0.29) is 5.75 Å². The van der Waals surface area contributed by atoms with Gasteiger partial charge in [-0.1, -0.05) is 19.8 Å². The third-order valence-electron chi connectivity index (χ3n) is 1.92. The number of rotatable bonds is 6. The Hall–Kier alpha value is -1.18. The highest BCUT2D eigenvalue weighted by Gasteiger charge is 1.93. The van der Waals surface area contributed by atoms with E-state index < -0.39 is 0 Å². The molecule has 0 heterocycles. The molecule has 1 aromatic rings. The Bertz CT molecular complexity index is 241. The molecule has 0 aromatic heterocycles. The van der Waals surface area contributed by atoms with E-state index in [1.54, 1.807) is 24.3 Å². The number of ether oxygens (including phenoxy) is 1. The molecule has 0 aliphatic carbocycles. The number of hydrogen-bond donors (Lipinski definition) is 1. The molecule has 1 rings (SSSR count). The van der Waals surface area contributed by atoms with Crippen molar-refractivity contribution in [2.45, 2.75) is 26.2 Å². The number of unbranched alkanes of at least 4 members (excludes halogenated alkanes) is 3. The second-order valence-electron chi connectivity index (χ2n) is 3.21. The maximum absolute atomic E-state index is 9.04. The maximum atomic E-state index is 9.04. The van der Waals surface area contributed by atoms with Gasteiger partial charge < -0.3 is 9.84 Å². The number of phenolic OH excluding ortho intramolecular Hbond substituents is 1. The van der Waals surface area contributed by atoms with Crippen molar-refractivity contribution in [2.24, 2.45) is 0 Å². The Labute approximate surface area is 85.5 Å². The summed E-state index contributed by atoms with van der Waals surface area (Å²) in [6, 6.07) is 6.81. The second kappa shape index (κ2) is 6.30. The summed E-state index contributed by atoms with van der Waals surface area (Å²) < 4.78 is 5.47. The molecular formula is C12H17O2. The summed E-state index contributed by atoms with van der Waals surface area (Å²) in [7, 11) is 0. The fraction of sp³-hybridized carbons (Fsp3) is 0.417. The van der Waals surface area contributed by atoms with Gasteiger partial charge in [0.05, 0.1) is 6.61 Å². The number of hydrogen-bond acceptors (Lipinski definition) is 2. The first-order chi connectivity index (χ1) is 6.83. The predicted octanol–water partition coefficient (Wildman–Crippen LogP) is 3.17. The molecule has 0 aliphatic rings. The lowest BCUT2D eigenvalue weighted by molar-refractivity contribution is 0.318. The minimum atomic E-state index is 0.273. The monoisotopic (exact) mass is 193 g/mol. The number of benzene rings is 1. The first kappa shape index (κ1) is 10.9. The normalized spacial score (nSPS) is 10.1. The van der Waals surface area contributed by atoms with Crippen LogP contribution in [0.15, 0.2) is 24.3 Å². The average molecular weight is 193 g/mol. The van der Waals surface area contributed by atoms with Crippen molar-refractivity contribution in [1.29, 1.82) is 0 Å². The molecule has 0 fully saturated rings. The van der Waals surface area contributed by atoms with E-state index in [2.05, 4.69) is 13.3 Å². The van der Waals surface area contributed by atoms with Crippen molar-refractivity contribution < 1.29 is 9.84 Å². The van der Waals surface area contributed by atoms with Gasteiger partial charge in [-0.2, -0.15) is 0 Å². The first-order valence-corrected chi connectivity index (χ1v) is 5.06. The van der Waals surface area contributed by atoms with Crippen molar-refractivity contribution >= 4 is 0 Å². The largest absolute Gasteiger partial charge is 0.508 e. The topological polar surface area (TPSA) is 29.5 Å². The summed E-state index contributed by atoms with van der Waals surface area (Å²) in [6.45, 7) is 2.88. The summed E-state index contributed by atoms with van der Waals surface area (Å²) in [5.74, 6) is 1.09. The summed E-state index contributed by atoms with van der Waals surface area (Å²) in [6.07, 6.45) is 5.56. The van der Waals surface area contributed by atoms with Crippen molar-refractivity contribution in [3.8, 4) is 11.5 Å². The predicted molar refractivity (Wildman–Crippen MR) is 57.4 cm³/mol. The highest BCUT2D eigenvalue weighted by molar-refractivity contribution is 5.29. The zero-order chi connectivity index (χ0) is 10.2. The van der Waals surface area contributed by atoms with Crippen LogP contribution in [0.5, 0.6) is 11.5 Å². The zero-order valence-corrected chi connectivity index (χ0v) is 8.57. The third-order valence-corrected chi connectivity index (χ3v) is 1.92. The van der Waals surface area contributed by atoms with E-state index in [0.717, 1.165) is 18.6 Å². The average Bonchev–Trinajstić information content (AvgIpc) is 2.21. The summed E-state index contributed by atoms with van der Waals surface area (Å²) >= 11 is 0. The van der Waals surface area contributed by atoms with Crippen LogP contribution in [0.25, 0.3) is 0 Å².